The summed E-state index contributed by atoms with van der Waals surface area (Å²) in [4.78, 5) is 0. The Balaban J connectivity index is 1.37. The Hall–Kier alpha value is -4.88. The molecule has 0 saturated carbocycles. The quantitative estimate of drug-likeness (QED) is 0.238. The van der Waals surface area contributed by atoms with Crippen LogP contribution in [0, 0.1) is 6.92 Å². The zero-order valence-corrected chi connectivity index (χ0v) is 21.8. The van der Waals surface area contributed by atoms with Crippen LogP contribution in [-0.4, -0.2) is 0 Å². The first-order valence-electron chi connectivity index (χ1n) is 13.7. The van der Waals surface area contributed by atoms with Gasteiger partial charge in [-0.25, -0.2) is 0 Å². The highest BCUT2D eigenvalue weighted by Crippen LogP contribution is 2.43. The summed E-state index contributed by atoms with van der Waals surface area (Å²) in [5, 5.41) is 16.8. The lowest BCUT2D eigenvalue weighted by molar-refractivity contribution is 1.16. The van der Waals surface area contributed by atoms with Crippen LogP contribution in [0.4, 0.5) is 5.69 Å². The number of aryl methyl sites for hydroxylation is 1. The van der Waals surface area contributed by atoms with E-state index >= 15 is 0 Å². The maximum Gasteiger partial charge on any atom is 0.0407 e. The summed E-state index contributed by atoms with van der Waals surface area (Å²) >= 11 is 0. The molecule has 0 aliphatic carbocycles. The van der Waals surface area contributed by atoms with Crippen LogP contribution in [0.5, 0.6) is 0 Å². The highest BCUT2D eigenvalue weighted by molar-refractivity contribution is 6.27. The van der Waals surface area contributed by atoms with Gasteiger partial charge >= 0.3 is 0 Å². The number of nitrogens with one attached hydrogen (secondary N) is 1. The van der Waals surface area contributed by atoms with Crippen molar-refractivity contribution in [3.05, 3.63) is 139 Å². The van der Waals surface area contributed by atoms with Gasteiger partial charge in [-0.3, -0.25) is 0 Å². The minimum absolute atomic E-state index is 0.793. The number of hydrogen-bond donors (Lipinski definition) is 1. The Morgan fingerprint density at radius 3 is 1.95 bits per heavy atom. The highest BCUT2D eigenvalue weighted by atomic mass is 14.9. The number of fused-ring (bicyclic) bond motifs is 3. The molecule has 0 fully saturated rings. The van der Waals surface area contributed by atoms with Gasteiger partial charge in [-0.05, 0) is 95.2 Å². The highest BCUT2D eigenvalue weighted by Gasteiger charge is 2.16. The lowest BCUT2D eigenvalue weighted by Gasteiger charge is -2.18. The van der Waals surface area contributed by atoms with Crippen LogP contribution < -0.4 is 5.32 Å². The molecule has 1 heteroatoms. The lowest BCUT2D eigenvalue weighted by Crippen LogP contribution is -2.02. The summed E-state index contributed by atoms with van der Waals surface area (Å²) in [5.74, 6) is 0. The van der Waals surface area contributed by atoms with E-state index < -0.39 is 0 Å². The first-order valence-corrected chi connectivity index (χ1v) is 13.7. The minimum atomic E-state index is 0.793. The van der Waals surface area contributed by atoms with Crippen LogP contribution in [0.15, 0.2) is 127 Å². The van der Waals surface area contributed by atoms with Gasteiger partial charge in [0.15, 0.2) is 0 Å². The van der Waals surface area contributed by atoms with Crippen molar-refractivity contribution in [2.24, 2.45) is 0 Å². The van der Waals surface area contributed by atoms with Crippen molar-refractivity contribution in [1.29, 1.82) is 0 Å². The molecular weight excluding hydrogens is 470 g/mol. The molecule has 0 amide bonds. The molecule has 0 unspecified atom stereocenters. The third kappa shape index (κ3) is 3.40. The second-order valence-electron chi connectivity index (χ2n) is 10.6. The largest absolute Gasteiger partial charge is 0.381 e. The Labute approximate surface area is 227 Å². The summed E-state index contributed by atoms with van der Waals surface area (Å²) in [6, 6.07) is 46.9. The standard InChI is InChI=1S/C38H27N/c1-24-8-2-7-13-36(24)39-23-28-15-14-25-18-21-34-33(20-17-26-16-19-30(28)37(25)38(26)34)35-22-27-9-3-4-10-29(27)31-11-5-6-12-32(31)35/h2-22,39H,23H2,1H3. The molecule has 0 radical (unpaired) electrons. The van der Waals surface area contributed by atoms with Crippen molar-refractivity contribution in [2.45, 2.75) is 13.5 Å². The Bertz CT molecular complexity index is 2190. The predicted molar refractivity (Wildman–Crippen MR) is 169 cm³/mol. The van der Waals surface area contributed by atoms with Crippen molar-refractivity contribution in [3.8, 4) is 11.1 Å². The van der Waals surface area contributed by atoms with E-state index in [9.17, 15) is 0 Å². The molecule has 0 saturated heterocycles. The average molecular weight is 498 g/mol. The Morgan fingerprint density at radius 2 is 1.10 bits per heavy atom. The summed E-state index contributed by atoms with van der Waals surface area (Å²) in [6.07, 6.45) is 0. The van der Waals surface area contributed by atoms with E-state index in [1.54, 1.807) is 0 Å². The lowest BCUT2D eigenvalue weighted by atomic mass is 9.86. The van der Waals surface area contributed by atoms with E-state index in [-0.39, 0.29) is 0 Å². The fourth-order valence-corrected chi connectivity index (χ4v) is 6.49. The molecule has 0 aromatic heterocycles. The number of rotatable bonds is 4. The second-order valence-corrected chi connectivity index (χ2v) is 10.6. The van der Waals surface area contributed by atoms with Gasteiger partial charge in [0.2, 0.25) is 0 Å². The van der Waals surface area contributed by atoms with E-state index in [2.05, 4.69) is 140 Å². The molecule has 184 valence electrons. The molecule has 1 nitrogen and oxygen atoms in total. The zero-order valence-electron chi connectivity index (χ0n) is 21.8. The first kappa shape index (κ1) is 22.1. The Kier molecular flexibility index (Phi) is 4.87. The maximum absolute atomic E-state index is 3.68. The van der Waals surface area contributed by atoms with E-state index in [1.165, 1.54) is 81.8 Å². The molecule has 1 N–H and O–H groups in total. The van der Waals surface area contributed by atoms with E-state index in [0.717, 1.165) is 6.54 Å². The summed E-state index contributed by atoms with van der Waals surface area (Å²) in [5.41, 5.74) is 6.36. The Morgan fingerprint density at radius 1 is 0.462 bits per heavy atom. The van der Waals surface area contributed by atoms with E-state index in [4.69, 9.17) is 0 Å². The monoisotopic (exact) mass is 497 g/mol. The molecule has 0 spiro atoms. The van der Waals surface area contributed by atoms with Crippen LogP contribution >= 0.6 is 0 Å². The molecule has 0 aliphatic rings. The van der Waals surface area contributed by atoms with Gasteiger partial charge in [-0.1, -0.05) is 115 Å². The fourth-order valence-electron chi connectivity index (χ4n) is 6.49. The summed E-state index contributed by atoms with van der Waals surface area (Å²) in [7, 11) is 0. The predicted octanol–water partition coefficient (Wildman–Crippen LogP) is 10.5. The normalized spacial score (nSPS) is 11.8. The van der Waals surface area contributed by atoms with Gasteiger partial charge < -0.3 is 5.32 Å². The number of para-hydroxylation sites is 1. The third-order valence-electron chi connectivity index (χ3n) is 8.43. The van der Waals surface area contributed by atoms with Gasteiger partial charge in [0, 0.05) is 12.2 Å². The van der Waals surface area contributed by atoms with Crippen LogP contribution in [0.2, 0.25) is 0 Å². The number of hydrogen-bond acceptors (Lipinski definition) is 1. The summed E-state index contributed by atoms with van der Waals surface area (Å²) < 4.78 is 0. The van der Waals surface area contributed by atoms with Crippen LogP contribution in [-0.2, 0) is 6.54 Å². The van der Waals surface area contributed by atoms with Gasteiger partial charge in [0.05, 0.1) is 0 Å². The topological polar surface area (TPSA) is 12.0 Å². The first-order chi connectivity index (χ1) is 19.3. The molecule has 39 heavy (non-hydrogen) atoms. The van der Waals surface area contributed by atoms with Crippen LogP contribution in [0.25, 0.3) is 65.0 Å². The van der Waals surface area contributed by atoms with Gasteiger partial charge in [-0.2, -0.15) is 0 Å². The molecule has 8 aromatic rings. The van der Waals surface area contributed by atoms with Gasteiger partial charge in [0.1, 0.15) is 0 Å². The molecule has 0 atom stereocenters. The van der Waals surface area contributed by atoms with Crippen molar-refractivity contribution in [2.75, 3.05) is 5.32 Å². The molecule has 0 heterocycles. The van der Waals surface area contributed by atoms with Gasteiger partial charge in [-0.15, -0.1) is 0 Å². The van der Waals surface area contributed by atoms with Crippen LogP contribution in [0.3, 0.4) is 0 Å². The average Bonchev–Trinajstić information content (AvgIpc) is 2.99. The van der Waals surface area contributed by atoms with Crippen molar-refractivity contribution < 1.29 is 0 Å². The molecule has 8 aromatic carbocycles. The smallest absolute Gasteiger partial charge is 0.0407 e. The van der Waals surface area contributed by atoms with E-state index in [1.807, 2.05) is 0 Å². The molecule has 8 rings (SSSR count). The zero-order chi connectivity index (χ0) is 25.9. The van der Waals surface area contributed by atoms with Gasteiger partial charge in [0.25, 0.3) is 0 Å². The van der Waals surface area contributed by atoms with Crippen molar-refractivity contribution >= 4 is 59.5 Å². The fraction of sp³-hybridized carbons (Fsp3) is 0.0526. The van der Waals surface area contributed by atoms with E-state index in [0.29, 0.717) is 0 Å². The minimum Gasteiger partial charge on any atom is -0.381 e. The van der Waals surface area contributed by atoms with Crippen molar-refractivity contribution in [1.82, 2.24) is 0 Å². The van der Waals surface area contributed by atoms with Crippen molar-refractivity contribution in [3.63, 3.8) is 0 Å². The molecule has 0 bridgehead atoms. The molecule has 0 aliphatic heterocycles. The number of anilines is 1. The summed E-state index contributed by atoms with van der Waals surface area (Å²) in [6.45, 7) is 2.95. The SMILES string of the molecule is Cc1ccccc1NCc1ccc2ccc3c(-c4cc5ccccc5c5ccccc45)ccc4ccc1c2c43. The number of benzene rings is 8. The maximum atomic E-state index is 3.68. The van der Waals surface area contributed by atoms with Crippen LogP contribution in [0.1, 0.15) is 11.1 Å². The molecular formula is C38H27N. The third-order valence-corrected chi connectivity index (χ3v) is 8.43. The second kappa shape index (κ2) is 8.58.